The van der Waals surface area contributed by atoms with Crippen LogP contribution in [0.5, 0.6) is 0 Å². The molecular formula is C14H20N2O4S. The number of hydrogen-bond acceptors (Lipinski definition) is 4. The molecule has 0 saturated heterocycles. The van der Waals surface area contributed by atoms with Crippen LogP contribution in [0.25, 0.3) is 6.08 Å². The molecule has 6 nitrogen and oxygen atoms in total. The number of carboxylic acids is 1. The summed E-state index contributed by atoms with van der Waals surface area (Å²) in [4.78, 5) is 12.5. The Hall–Kier alpha value is -1.70. The number of sulfonamides is 1. The maximum Gasteiger partial charge on any atom is 0.328 e. The molecule has 0 fully saturated rings. The first kappa shape index (κ1) is 17.4. The number of aliphatic carboxylic acids is 1. The van der Waals surface area contributed by atoms with E-state index in [2.05, 4.69) is 4.72 Å². The minimum atomic E-state index is -3.62. The van der Waals surface area contributed by atoms with E-state index in [9.17, 15) is 13.2 Å². The molecule has 0 aliphatic heterocycles. The molecular weight excluding hydrogens is 292 g/mol. The first-order chi connectivity index (χ1) is 9.70. The molecule has 1 unspecified atom stereocenters. The van der Waals surface area contributed by atoms with Crippen molar-refractivity contribution in [1.29, 1.82) is 0 Å². The number of rotatable bonds is 7. The second kappa shape index (κ2) is 7.35. The van der Waals surface area contributed by atoms with Crippen molar-refractivity contribution in [1.82, 2.24) is 9.62 Å². The van der Waals surface area contributed by atoms with E-state index in [1.165, 1.54) is 18.2 Å². The molecule has 1 aromatic carbocycles. The number of hydrogen-bond donors (Lipinski definition) is 2. The summed E-state index contributed by atoms with van der Waals surface area (Å²) in [5, 5.41) is 8.58. The van der Waals surface area contributed by atoms with Gasteiger partial charge in [0.05, 0.1) is 4.90 Å². The predicted octanol–water partition coefficient (Wildman–Crippen LogP) is 1.01. The van der Waals surface area contributed by atoms with Crippen LogP contribution in [0.1, 0.15) is 12.5 Å². The third kappa shape index (κ3) is 6.07. The number of carbonyl (C=O) groups is 1. The molecule has 0 amide bonds. The normalized spacial score (nSPS) is 13.7. The molecule has 7 heteroatoms. The average Bonchev–Trinajstić information content (AvgIpc) is 2.35. The Morgan fingerprint density at radius 1 is 1.43 bits per heavy atom. The molecule has 1 atom stereocenters. The Labute approximate surface area is 125 Å². The lowest BCUT2D eigenvalue weighted by Gasteiger charge is -2.18. The van der Waals surface area contributed by atoms with E-state index in [-0.39, 0.29) is 10.9 Å². The van der Waals surface area contributed by atoms with Gasteiger partial charge in [0.15, 0.2) is 0 Å². The third-order valence-electron chi connectivity index (χ3n) is 2.58. The number of likely N-dealkylation sites (N-methyl/N-ethyl adjacent to an activating group) is 1. The van der Waals surface area contributed by atoms with E-state index >= 15 is 0 Å². The predicted molar refractivity (Wildman–Crippen MR) is 81.4 cm³/mol. The van der Waals surface area contributed by atoms with Gasteiger partial charge >= 0.3 is 5.97 Å². The summed E-state index contributed by atoms with van der Waals surface area (Å²) in [6.07, 6.45) is 2.32. The van der Waals surface area contributed by atoms with Crippen LogP contribution in [0.2, 0.25) is 0 Å². The fourth-order valence-corrected chi connectivity index (χ4v) is 3.16. The second-order valence-electron chi connectivity index (χ2n) is 5.03. The molecule has 0 saturated carbocycles. The van der Waals surface area contributed by atoms with Gasteiger partial charge in [0, 0.05) is 18.7 Å². The third-order valence-corrected chi connectivity index (χ3v) is 4.17. The van der Waals surface area contributed by atoms with Gasteiger partial charge in [-0.1, -0.05) is 12.1 Å². The zero-order valence-electron chi connectivity index (χ0n) is 12.3. The van der Waals surface area contributed by atoms with Crippen LogP contribution in [0.15, 0.2) is 35.2 Å². The van der Waals surface area contributed by atoms with Gasteiger partial charge < -0.3 is 10.0 Å². The smallest absolute Gasteiger partial charge is 0.328 e. The van der Waals surface area contributed by atoms with Crippen molar-refractivity contribution in [2.24, 2.45) is 0 Å². The van der Waals surface area contributed by atoms with Crippen molar-refractivity contribution in [2.45, 2.75) is 17.9 Å². The van der Waals surface area contributed by atoms with Crippen LogP contribution in [0.3, 0.4) is 0 Å². The molecule has 1 aromatic rings. The van der Waals surface area contributed by atoms with Gasteiger partial charge in [-0.05, 0) is 44.8 Å². The van der Waals surface area contributed by atoms with Gasteiger partial charge in [-0.2, -0.15) is 0 Å². The first-order valence-electron chi connectivity index (χ1n) is 6.39. The standard InChI is InChI=1S/C14H20N2O4S/c1-11(10-16(2)3)15-21(19,20)13-6-4-5-12(9-13)7-8-14(17)18/h4-9,11,15H,10H2,1-3H3,(H,17,18)/b8-7+. The number of nitrogens with zero attached hydrogens (tertiary/aromatic N) is 1. The van der Waals surface area contributed by atoms with E-state index in [1.54, 1.807) is 19.1 Å². The highest BCUT2D eigenvalue weighted by Crippen LogP contribution is 2.13. The Kier molecular flexibility index (Phi) is 6.07. The van der Waals surface area contributed by atoms with Gasteiger partial charge in [-0.25, -0.2) is 17.9 Å². The minimum absolute atomic E-state index is 0.112. The summed E-state index contributed by atoms with van der Waals surface area (Å²) < 4.78 is 27.1. The molecule has 116 valence electrons. The van der Waals surface area contributed by atoms with E-state index in [0.717, 1.165) is 6.08 Å². The molecule has 0 aliphatic carbocycles. The molecule has 21 heavy (non-hydrogen) atoms. The zero-order valence-corrected chi connectivity index (χ0v) is 13.1. The molecule has 2 N–H and O–H groups in total. The molecule has 0 aromatic heterocycles. The monoisotopic (exact) mass is 312 g/mol. The highest BCUT2D eigenvalue weighted by Gasteiger charge is 2.17. The number of benzene rings is 1. The van der Waals surface area contributed by atoms with Crippen LogP contribution >= 0.6 is 0 Å². The highest BCUT2D eigenvalue weighted by atomic mass is 32.2. The van der Waals surface area contributed by atoms with Gasteiger partial charge in [-0.15, -0.1) is 0 Å². The summed E-state index contributed by atoms with van der Waals surface area (Å²) in [5.74, 6) is -1.08. The summed E-state index contributed by atoms with van der Waals surface area (Å²) in [7, 11) is 0.102. The molecule has 0 bridgehead atoms. The van der Waals surface area contributed by atoms with Crippen LogP contribution in [0.4, 0.5) is 0 Å². The zero-order chi connectivity index (χ0) is 16.0. The quantitative estimate of drug-likeness (QED) is 0.734. The topological polar surface area (TPSA) is 86.7 Å². The second-order valence-corrected chi connectivity index (χ2v) is 6.74. The van der Waals surface area contributed by atoms with Crippen molar-refractivity contribution in [2.75, 3.05) is 20.6 Å². The first-order valence-corrected chi connectivity index (χ1v) is 7.87. The molecule has 0 heterocycles. The number of nitrogens with one attached hydrogen (secondary N) is 1. The van der Waals surface area contributed by atoms with Gasteiger partial charge in [-0.3, -0.25) is 0 Å². The lowest BCUT2D eigenvalue weighted by atomic mass is 10.2. The lowest BCUT2D eigenvalue weighted by molar-refractivity contribution is -0.131. The van der Waals surface area contributed by atoms with Crippen LogP contribution in [-0.4, -0.2) is 51.1 Å². The maximum atomic E-state index is 12.2. The SMILES string of the molecule is CC(CN(C)C)NS(=O)(=O)c1cccc(/C=C/C(=O)O)c1. The van der Waals surface area contributed by atoms with E-state index < -0.39 is 16.0 Å². The Bertz CT molecular complexity index is 624. The van der Waals surface area contributed by atoms with Gasteiger partial charge in [0.2, 0.25) is 10.0 Å². The average molecular weight is 312 g/mol. The molecule has 0 aliphatic rings. The maximum absolute atomic E-state index is 12.2. The summed E-state index contributed by atoms with van der Waals surface area (Å²) in [5.41, 5.74) is 0.514. The highest BCUT2D eigenvalue weighted by molar-refractivity contribution is 7.89. The van der Waals surface area contributed by atoms with Crippen molar-refractivity contribution < 1.29 is 18.3 Å². The van der Waals surface area contributed by atoms with E-state index in [4.69, 9.17) is 5.11 Å². The summed E-state index contributed by atoms with van der Waals surface area (Å²) in [6, 6.07) is 5.89. The largest absolute Gasteiger partial charge is 0.478 e. The van der Waals surface area contributed by atoms with Crippen LogP contribution in [0, 0.1) is 0 Å². The van der Waals surface area contributed by atoms with Crippen molar-refractivity contribution >= 4 is 22.1 Å². The van der Waals surface area contributed by atoms with Crippen LogP contribution in [-0.2, 0) is 14.8 Å². The minimum Gasteiger partial charge on any atom is -0.478 e. The molecule has 1 rings (SSSR count). The fraction of sp³-hybridized carbons (Fsp3) is 0.357. The van der Waals surface area contributed by atoms with Crippen molar-refractivity contribution in [3.63, 3.8) is 0 Å². The Morgan fingerprint density at radius 2 is 2.10 bits per heavy atom. The fourth-order valence-electron chi connectivity index (χ4n) is 1.87. The lowest BCUT2D eigenvalue weighted by Crippen LogP contribution is -2.39. The van der Waals surface area contributed by atoms with Crippen molar-refractivity contribution in [3.05, 3.63) is 35.9 Å². The van der Waals surface area contributed by atoms with E-state index in [0.29, 0.717) is 12.1 Å². The number of carboxylic acid groups (broad SMARTS) is 1. The Morgan fingerprint density at radius 3 is 2.67 bits per heavy atom. The van der Waals surface area contributed by atoms with Gasteiger partial charge in [0.1, 0.15) is 0 Å². The van der Waals surface area contributed by atoms with Crippen LogP contribution < -0.4 is 4.72 Å². The summed E-state index contributed by atoms with van der Waals surface area (Å²) >= 11 is 0. The van der Waals surface area contributed by atoms with Gasteiger partial charge in [0.25, 0.3) is 0 Å². The Balaban J connectivity index is 2.93. The van der Waals surface area contributed by atoms with Crippen molar-refractivity contribution in [3.8, 4) is 0 Å². The summed E-state index contributed by atoms with van der Waals surface area (Å²) in [6.45, 7) is 2.36. The molecule has 0 radical (unpaired) electrons. The molecule has 0 spiro atoms. The van der Waals surface area contributed by atoms with E-state index in [1.807, 2.05) is 19.0 Å².